The number of hydrogen-bond acceptors (Lipinski definition) is 2. The predicted octanol–water partition coefficient (Wildman–Crippen LogP) is 2.74. The Morgan fingerprint density at radius 1 is 1.09 bits per heavy atom. The zero-order valence-corrected chi connectivity index (χ0v) is 13.1. The van der Waals surface area contributed by atoms with Crippen molar-refractivity contribution in [2.24, 2.45) is 0 Å². The number of hydrogen-bond donors (Lipinski definition) is 2. The van der Waals surface area contributed by atoms with Crippen molar-refractivity contribution < 1.29 is 14.0 Å². The van der Waals surface area contributed by atoms with Crippen LogP contribution in [0.2, 0.25) is 0 Å². The summed E-state index contributed by atoms with van der Waals surface area (Å²) in [6.45, 7) is 3.46. The van der Waals surface area contributed by atoms with Crippen molar-refractivity contribution in [1.29, 1.82) is 0 Å². The van der Waals surface area contributed by atoms with Gasteiger partial charge in [0.2, 0.25) is 5.91 Å². The molecule has 23 heavy (non-hydrogen) atoms. The van der Waals surface area contributed by atoms with Gasteiger partial charge in [0.25, 0.3) is 5.91 Å². The van der Waals surface area contributed by atoms with E-state index >= 15 is 0 Å². The van der Waals surface area contributed by atoms with Crippen LogP contribution in [-0.4, -0.2) is 18.4 Å². The van der Waals surface area contributed by atoms with E-state index < -0.39 is 6.04 Å². The first-order valence-corrected chi connectivity index (χ1v) is 7.36. The molecule has 1 atom stereocenters. The SMILES string of the molecule is Cc1ccc(C(=O)NCC(=O)NC(C)c2ccccc2F)cc1. The van der Waals surface area contributed by atoms with Crippen LogP contribution in [0.15, 0.2) is 48.5 Å². The highest BCUT2D eigenvalue weighted by Gasteiger charge is 2.14. The number of benzene rings is 2. The molecule has 0 radical (unpaired) electrons. The summed E-state index contributed by atoms with van der Waals surface area (Å²) in [6, 6.07) is 12.8. The molecule has 0 spiro atoms. The summed E-state index contributed by atoms with van der Waals surface area (Å²) >= 11 is 0. The van der Waals surface area contributed by atoms with Gasteiger partial charge in [-0.1, -0.05) is 35.9 Å². The number of aryl methyl sites for hydroxylation is 1. The first-order chi connectivity index (χ1) is 11.0. The van der Waals surface area contributed by atoms with Gasteiger partial charge in [0, 0.05) is 11.1 Å². The van der Waals surface area contributed by atoms with Gasteiger partial charge in [-0.25, -0.2) is 4.39 Å². The summed E-state index contributed by atoms with van der Waals surface area (Å²) in [5.41, 5.74) is 1.95. The number of rotatable bonds is 5. The number of halogens is 1. The largest absolute Gasteiger partial charge is 0.348 e. The Balaban J connectivity index is 1.86. The minimum Gasteiger partial charge on any atom is -0.348 e. The third-order valence-corrected chi connectivity index (χ3v) is 3.47. The average Bonchev–Trinajstić information content (AvgIpc) is 2.53. The zero-order chi connectivity index (χ0) is 16.8. The molecule has 2 aromatic carbocycles. The Morgan fingerprint density at radius 3 is 2.39 bits per heavy atom. The predicted molar refractivity (Wildman–Crippen MR) is 86.5 cm³/mol. The smallest absolute Gasteiger partial charge is 0.251 e. The molecule has 2 amide bonds. The third kappa shape index (κ3) is 4.64. The fraction of sp³-hybridized carbons (Fsp3) is 0.222. The maximum atomic E-state index is 13.6. The zero-order valence-electron chi connectivity index (χ0n) is 13.1. The van der Waals surface area contributed by atoms with Crippen LogP contribution in [-0.2, 0) is 4.79 Å². The van der Waals surface area contributed by atoms with Gasteiger partial charge in [0.1, 0.15) is 5.82 Å². The van der Waals surface area contributed by atoms with E-state index in [9.17, 15) is 14.0 Å². The highest BCUT2D eigenvalue weighted by Crippen LogP contribution is 2.15. The fourth-order valence-corrected chi connectivity index (χ4v) is 2.16. The lowest BCUT2D eigenvalue weighted by Crippen LogP contribution is -2.38. The van der Waals surface area contributed by atoms with Crippen LogP contribution >= 0.6 is 0 Å². The molecule has 2 aromatic rings. The molecule has 0 heterocycles. The molecule has 0 fully saturated rings. The van der Waals surface area contributed by atoms with Gasteiger partial charge in [-0.2, -0.15) is 0 Å². The standard InChI is InChI=1S/C18H19FN2O2/c1-12-7-9-14(10-8-12)18(23)20-11-17(22)21-13(2)15-5-3-4-6-16(15)19/h3-10,13H,11H2,1-2H3,(H,20,23)(H,21,22). The first-order valence-electron chi connectivity index (χ1n) is 7.36. The monoisotopic (exact) mass is 314 g/mol. The van der Waals surface area contributed by atoms with Gasteiger partial charge in [0.05, 0.1) is 12.6 Å². The van der Waals surface area contributed by atoms with Crippen molar-refractivity contribution in [3.05, 3.63) is 71.0 Å². The molecule has 4 nitrogen and oxygen atoms in total. The van der Waals surface area contributed by atoms with Crippen LogP contribution in [0.1, 0.15) is 34.5 Å². The lowest BCUT2D eigenvalue weighted by atomic mass is 10.1. The summed E-state index contributed by atoms with van der Waals surface area (Å²) in [7, 11) is 0. The summed E-state index contributed by atoms with van der Waals surface area (Å²) < 4.78 is 13.6. The number of amides is 2. The Morgan fingerprint density at radius 2 is 1.74 bits per heavy atom. The molecule has 0 aliphatic carbocycles. The molecule has 1 unspecified atom stereocenters. The molecule has 0 aliphatic rings. The second kappa shape index (κ2) is 7.54. The van der Waals surface area contributed by atoms with E-state index in [0.29, 0.717) is 11.1 Å². The highest BCUT2D eigenvalue weighted by molar-refractivity contribution is 5.96. The van der Waals surface area contributed by atoms with E-state index in [-0.39, 0.29) is 24.2 Å². The van der Waals surface area contributed by atoms with Gasteiger partial charge in [-0.15, -0.1) is 0 Å². The number of carbonyl (C=O) groups is 2. The molecule has 0 saturated carbocycles. The Bertz CT molecular complexity index is 698. The quantitative estimate of drug-likeness (QED) is 0.891. The van der Waals surface area contributed by atoms with Crippen molar-refractivity contribution in [1.82, 2.24) is 10.6 Å². The summed E-state index contributed by atoms with van der Waals surface area (Å²) in [6.07, 6.45) is 0. The molecule has 0 saturated heterocycles. The Labute approximate surface area is 134 Å². The van der Waals surface area contributed by atoms with Gasteiger partial charge in [0.15, 0.2) is 0 Å². The van der Waals surface area contributed by atoms with Gasteiger partial charge < -0.3 is 10.6 Å². The number of carbonyl (C=O) groups excluding carboxylic acids is 2. The van der Waals surface area contributed by atoms with E-state index in [2.05, 4.69) is 10.6 Å². The molecule has 0 aliphatic heterocycles. The molecular weight excluding hydrogens is 295 g/mol. The lowest BCUT2D eigenvalue weighted by molar-refractivity contribution is -0.120. The maximum absolute atomic E-state index is 13.6. The number of nitrogens with one attached hydrogen (secondary N) is 2. The van der Waals surface area contributed by atoms with Crippen LogP contribution < -0.4 is 10.6 Å². The minimum absolute atomic E-state index is 0.161. The Hall–Kier alpha value is -2.69. The topological polar surface area (TPSA) is 58.2 Å². The maximum Gasteiger partial charge on any atom is 0.251 e. The van der Waals surface area contributed by atoms with Gasteiger partial charge >= 0.3 is 0 Å². The molecule has 120 valence electrons. The van der Waals surface area contributed by atoms with Crippen LogP contribution in [0.3, 0.4) is 0 Å². The summed E-state index contributed by atoms with van der Waals surface area (Å²) in [5.74, 6) is -1.07. The minimum atomic E-state index is -0.472. The van der Waals surface area contributed by atoms with E-state index in [1.807, 2.05) is 19.1 Å². The normalized spacial score (nSPS) is 11.6. The van der Waals surface area contributed by atoms with Crippen molar-refractivity contribution in [3.63, 3.8) is 0 Å². The average molecular weight is 314 g/mol. The molecule has 2 rings (SSSR count). The Kier molecular flexibility index (Phi) is 5.46. The van der Waals surface area contributed by atoms with Crippen LogP contribution in [0.5, 0.6) is 0 Å². The van der Waals surface area contributed by atoms with Gasteiger partial charge in [-0.3, -0.25) is 9.59 Å². The summed E-state index contributed by atoms with van der Waals surface area (Å²) in [4.78, 5) is 23.8. The third-order valence-electron chi connectivity index (χ3n) is 3.47. The fourth-order valence-electron chi connectivity index (χ4n) is 2.16. The molecule has 0 bridgehead atoms. The van der Waals surface area contributed by atoms with Crippen LogP contribution in [0.25, 0.3) is 0 Å². The highest BCUT2D eigenvalue weighted by atomic mass is 19.1. The van der Waals surface area contributed by atoms with Gasteiger partial charge in [-0.05, 0) is 32.0 Å². The van der Waals surface area contributed by atoms with Crippen molar-refractivity contribution in [3.8, 4) is 0 Å². The van der Waals surface area contributed by atoms with E-state index in [0.717, 1.165) is 5.56 Å². The molecule has 5 heteroatoms. The second-order valence-electron chi connectivity index (χ2n) is 5.36. The van der Waals surface area contributed by atoms with Crippen molar-refractivity contribution in [2.45, 2.75) is 19.9 Å². The summed E-state index contributed by atoms with van der Waals surface area (Å²) in [5, 5.41) is 5.20. The van der Waals surface area contributed by atoms with Crippen molar-refractivity contribution in [2.75, 3.05) is 6.54 Å². The molecule has 2 N–H and O–H groups in total. The van der Waals surface area contributed by atoms with E-state index in [4.69, 9.17) is 0 Å². The van der Waals surface area contributed by atoms with E-state index in [1.165, 1.54) is 6.07 Å². The molecular formula is C18H19FN2O2. The first kappa shape index (κ1) is 16.7. The van der Waals surface area contributed by atoms with E-state index in [1.54, 1.807) is 37.3 Å². The lowest BCUT2D eigenvalue weighted by Gasteiger charge is -2.15. The van der Waals surface area contributed by atoms with Crippen LogP contribution in [0, 0.1) is 12.7 Å². The van der Waals surface area contributed by atoms with Crippen molar-refractivity contribution >= 4 is 11.8 Å². The molecule has 0 aromatic heterocycles. The second-order valence-corrected chi connectivity index (χ2v) is 5.36. The van der Waals surface area contributed by atoms with Crippen LogP contribution in [0.4, 0.5) is 4.39 Å².